The molecule has 9 heteroatoms. The molecule has 1 saturated carbocycles. The van der Waals surface area contributed by atoms with Crippen molar-refractivity contribution in [2.75, 3.05) is 11.9 Å². The van der Waals surface area contributed by atoms with E-state index in [1.807, 2.05) is 0 Å². The molecule has 3 rings (SSSR count). The summed E-state index contributed by atoms with van der Waals surface area (Å²) >= 11 is 0. The van der Waals surface area contributed by atoms with Gasteiger partial charge in [0.15, 0.2) is 17.9 Å². The molecular formula is C14H16FN3O5. The number of aromatic nitrogens is 2. The van der Waals surface area contributed by atoms with Gasteiger partial charge < -0.3 is 20.3 Å². The number of carbonyl (C=O) groups excluding carboxylic acids is 1. The molecule has 0 radical (unpaired) electrons. The largest absolute Gasteiger partial charge is 0.394 e. The van der Waals surface area contributed by atoms with Crippen molar-refractivity contribution in [2.45, 2.75) is 31.3 Å². The molecule has 0 unspecified atom stereocenters. The lowest BCUT2D eigenvalue weighted by atomic mass is 10.1. The predicted molar refractivity (Wildman–Crippen MR) is 76.0 cm³/mol. The highest BCUT2D eigenvalue weighted by molar-refractivity contribution is 5.93. The van der Waals surface area contributed by atoms with Crippen LogP contribution in [0.2, 0.25) is 0 Å². The summed E-state index contributed by atoms with van der Waals surface area (Å²) in [5, 5.41) is 21.2. The summed E-state index contributed by atoms with van der Waals surface area (Å²) in [6, 6.07) is 0. The maximum absolute atomic E-state index is 14.1. The Morgan fingerprint density at radius 2 is 2.26 bits per heavy atom. The molecule has 1 saturated heterocycles. The third kappa shape index (κ3) is 2.90. The van der Waals surface area contributed by atoms with Gasteiger partial charge in [-0.15, -0.1) is 0 Å². The average molecular weight is 325 g/mol. The third-order valence-corrected chi connectivity index (χ3v) is 3.88. The summed E-state index contributed by atoms with van der Waals surface area (Å²) in [5.41, 5.74) is -0.753. The zero-order valence-corrected chi connectivity index (χ0v) is 12.1. The Morgan fingerprint density at radius 3 is 2.83 bits per heavy atom. The average Bonchev–Trinajstić information content (AvgIpc) is 3.32. The van der Waals surface area contributed by atoms with Crippen LogP contribution in [0.15, 0.2) is 23.1 Å². The molecule has 1 aromatic rings. The van der Waals surface area contributed by atoms with Crippen molar-refractivity contribution in [1.82, 2.24) is 9.55 Å². The molecule has 0 spiro atoms. The molecule has 2 fully saturated rings. The van der Waals surface area contributed by atoms with Gasteiger partial charge in [-0.1, -0.05) is 6.58 Å². The van der Waals surface area contributed by atoms with E-state index in [9.17, 15) is 19.1 Å². The van der Waals surface area contributed by atoms with Crippen molar-refractivity contribution in [3.05, 3.63) is 34.7 Å². The fourth-order valence-electron chi connectivity index (χ4n) is 2.36. The Hall–Kier alpha value is -2.10. The number of hydrogen-bond acceptors (Lipinski definition) is 6. The minimum Gasteiger partial charge on any atom is -0.394 e. The molecule has 23 heavy (non-hydrogen) atoms. The zero-order chi connectivity index (χ0) is 16.7. The molecule has 2 heterocycles. The highest BCUT2D eigenvalue weighted by atomic mass is 19.1. The Morgan fingerprint density at radius 1 is 1.57 bits per heavy atom. The summed E-state index contributed by atoms with van der Waals surface area (Å²) in [4.78, 5) is 27.2. The number of aliphatic hydroxyl groups excluding tert-OH is 2. The lowest BCUT2D eigenvalue weighted by molar-refractivity contribution is -0.117. The topological polar surface area (TPSA) is 114 Å². The number of anilines is 1. The van der Waals surface area contributed by atoms with E-state index in [0.717, 1.165) is 23.6 Å². The normalized spacial score (nSPS) is 27.3. The van der Waals surface area contributed by atoms with E-state index in [-0.39, 0.29) is 17.4 Å². The second kappa shape index (κ2) is 5.84. The van der Waals surface area contributed by atoms with Gasteiger partial charge in [0.05, 0.1) is 12.8 Å². The van der Waals surface area contributed by atoms with Crippen molar-refractivity contribution in [1.29, 1.82) is 0 Å². The van der Waals surface area contributed by atoms with Crippen LogP contribution in [0.3, 0.4) is 0 Å². The highest BCUT2D eigenvalue weighted by Gasteiger charge is 2.39. The van der Waals surface area contributed by atoms with Crippen molar-refractivity contribution in [3.8, 4) is 0 Å². The molecule has 1 aromatic heterocycles. The molecule has 1 aliphatic carbocycles. The number of nitrogens with zero attached hydrogens (tertiary/aromatic N) is 2. The molecule has 2 aliphatic rings. The van der Waals surface area contributed by atoms with Crippen molar-refractivity contribution in [3.63, 3.8) is 0 Å². The van der Waals surface area contributed by atoms with Crippen LogP contribution >= 0.6 is 0 Å². The second-order valence-electron chi connectivity index (χ2n) is 5.62. The van der Waals surface area contributed by atoms with E-state index in [1.165, 1.54) is 0 Å². The number of hydrogen-bond donors (Lipinski definition) is 3. The molecule has 1 amide bonds. The first-order valence-electron chi connectivity index (χ1n) is 7.15. The lowest BCUT2D eigenvalue weighted by Gasteiger charge is -2.15. The fraction of sp³-hybridized carbons (Fsp3) is 0.500. The second-order valence-corrected chi connectivity index (χ2v) is 5.62. The van der Waals surface area contributed by atoms with E-state index in [0.29, 0.717) is 0 Å². The smallest absolute Gasteiger partial charge is 0.352 e. The number of carbonyl (C=O) groups is 1. The molecule has 1 aliphatic heterocycles. The number of halogens is 1. The molecule has 0 bridgehead atoms. The van der Waals surface area contributed by atoms with Crippen molar-refractivity contribution in [2.24, 2.45) is 5.92 Å². The van der Waals surface area contributed by atoms with E-state index < -0.39 is 42.4 Å². The standard InChI is InChI=1S/C14H16FN3O5/c1-6-10(20)9(5-19)23-13(6)18-4-8(15)11(17-14(18)22)16-12(21)7-2-3-7/h4,7,9-10,13,19-20H,1-3,5H2,(H,16,17,21,22)/t9-,10+,13-/m1/s1. The van der Waals surface area contributed by atoms with Crippen LogP contribution in [-0.2, 0) is 9.53 Å². The van der Waals surface area contributed by atoms with Crippen LogP contribution in [0, 0.1) is 11.7 Å². The van der Waals surface area contributed by atoms with E-state index in [1.54, 1.807) is 0 Å². The summed E-state index contributed by atoms with van der Waals surface area (Å²) in [5.74, 6) is -1.87. The minimum absolute atomic E-state index is 0.113. The first kappa shape index (κ1) is 15.8. The van der Waals surface area contributed by atoms with E-state index >= 15 is 0 Å². The Labute approximate surface area is 130 Å². The van der Waals surface area contributed by atoms with Crippen LogP contribution in [-0.4, -0.2) is 44.5 Å². The molecule has 0 aromatic carbocycles. The Kier molecular flexibility index (Phi) is 4.00. The summed E-state index contributed by atoms with van der Waals surface area (Å²) in [6.07, 6.45) is -0.947. The van der Waals surface area contributed by atoms with Gasteiger partial charge in [-0.05, 0) is 12.8 Å². The number of rotatable bonds is 4. The van der Waals surface area contributed by atoms with E-state index in [2.05, 4.69) is 16.9 Å². The van der Waals surface area contributed by atoms with Gasteiger partial charge in [0, 0.05) is 11.5 Å². The molecule has 8 nitrogen and oxygen atoms in total. The first-order valence-corrected chi connectivity index (χ1v) is 7.15. The van der Waals surface area contributed by atoms with Crippen LogP contribution in [0.25, 0.3) is 0 Å². The van der Waals surface area contributed by atoms with E-state index in [4.69, 9.17) is 9.84 Å². The van der Waals surface area contributed by atoms with Crippen molar-refractivity contribution < 1.29 is 24.1 Å². The van der Waals surface area contributed by atoms with Gasteiger partial charge >= 0.3 is 5.69 Å². The predicted octanol–water partition coefficient (Wildman–Crippen LogP) is -0.462. The van der Waals surface area contributed by atoms with Gasteiger partial charge in [-0.3, -0.25) is 9.36 Å². The number of aliphatic hydroxyl groups is 2. The highest BCUT2D eigenvalue weighted by Crippen LogP contribution is 2.32. The fourth-order valence-corrected chi connectivity index (χ4v) is 2.36. The first-order chi connectivity index (χ1) is 10.9. The minimum atomic E-state index is -1.17. The van der Waals surface area contributed by atoms with Crippen LogP contribution in [0.5, 0.6) is 0 Å². The molecule has 124 valence electrons. The monoisotopic (exact) mass is 325 g/mol. The maximum atomic E-state index is 14.1. The summed E-state index contributed by atoms with van der Waals surface area (Å²) in [6.45, 7) is 3.12. The SMILES string of the molecule is C=C1[C@H](n2cc(F)c(NC(=O)C3CC3)nc2=O)O[C@H](CO)[C@H]1O. The number of ether oxygens (including phenoxy) is 1. The third-order valence-electron chi connectivity index (χ3n) is 3.88. The zero-order valence-electron chi connectivity index (χ0n) is 12.1. The van der Waals surface area contributed by atoms with Crippen LogP contribution < -0.4 is 11.0 Å². The lowest BCUT2D eigenvalue weighted by Crippen LogP contribution is -2.30. The number of nitrogens with one attached hydrogen (secondary N) is 1. The Bertz CT molecular complexity index is 715. The molecule has 3 atom stereocenters. The van der Waals surface area contributed by atoms with Gasteiger partial charge in [-0.2, -0.15) is 4.98 Å². The number of amides is 1. The Balaban J connectivity index is 1.86. The quantitative estimate of drug-likeness (QED) is 0.646. The summed E-state index contributed by atoms with van der Waals surface area (Å²) < 4.78 is 20.2. The maximum Gasteiger partial charge on any atom is 0.352 e. The van der Waals surface area contributed by atoms with Gasteiger partial charge in [0.25, 0.3) is 0 Å². The van der Waals surface area contributed by atoms with Gasteiger partial charge in [0.1, 0.15) is 12.2 Å². The van der Waals surface area contributed by atoms with Crippen LogP contribution in [0.4, 0.5) is 10.2 Å². The summed E-state index contributed by atoms with van der Waals surface area (Å²) in [7, 11) is 0. The van der Waals surface area contributed by atoms with Gasteiger partial charge in [-0.25, -0.2) is 9.18 Å². The van der Waals surface area contributed by atoms with Gasteiger partial charge in [0.2, 0.25) is 5.91 Å². The van der Waals surface area contributed by atoms with Crippen LogP contribution in [0.1, 0.15) is 19.1 Å². The van der Waals surface area contributed by atoms with Crippen molar-refractivity contribution >= 4 is 11.7 Å². The molecule has 3 N–H and O–H groups in total. The molecular weight excluding hydrogens is 309 g/mol.